The first-order valence-corrected chi connectivity index (χ1v) is 9.09. The van der Waals surface area contributed by atoms with E-state index in [2.05, 4.69) is 24.2 Å². The molecule has 3 rings (SSSR count). The molecule has 0 aliphatic carbocycles. The van der Waals surface area contributed by atoms with E-state index in [0.29, 0.717) is 12.5 Å². The average Bonchev–Trinajstić information content (AvgIpc) is 3.01. The zero-order valence-electron chi connectivity index (χ0n) is 15.4. The number of ether oxygens (including phenoxy) is 1. The number of hydrogen-bond donors (Lipinski definition) is 0. The minimum absolute atomic E-state index is 0.0947. The molecule has 1 aliphatic rings. The number of aromatic nitrogens is 2. The van der Waals surface area contributed by atoms with Crippen molar-refractivity contribution >= 4 is 5.91 Å². The molecule has 134 valence electrons. The summed E-state index contributed by atoms with van der Waals surface area (Å²) < 4.78 is 7.80. The first-order chi connectivity index (χ1) is 12.1. The molecule has 0 radical (unpaired) electrons. The monoisotopic (exact) mass is 341 g/mol. The van der Waals surface area contributed by atoms with Crippen molar-refractivity contribution in [1.82, 2.24) is 14.7 Å². The Morgan fingerprint density at radius 1 is 1.28 bits per heavy atom. The van der Waals surface area contributed by atoms with Crippen molar-refractivity contribution < 1.29 is 9.53 Å². The maximum atomic E-state index is 12.8. The molecule has 1 fully saturated rings. The summed E-state index contributed by atoms with van der Waals surface area (Å²) in [5, 5.41) is 4.30. The van der Waals surface area contributed by atoms with E-state index in [1.54, 1.807) is 6.20 Å². The Bertz CT molecular complexity index is 721. The second kappa shape index (κ2) is 7.72. The lowest BCUT2D eigenvalue weighted by Gasteiger charge is -2.32. The number of carbonyl (C=O) groups excluding carboxylic acids is 1. The fourth-order valence-electron chi connectivity index (χ4n) is 3.38. The molecule has 5 nitrogen and oxygen atoms in total. The van der Waals surface area contributed by atoms with Crippen LogP contribution in [-0.2, 0) is 6.54 Å². The van der Waals surface area contributed by atoms with E-state index < -0.39 is 0 Å². The normalized spacial score (nSPS) is 17.6. The number of rotatable bonds is 5. The number of likely N-dealkylation sites (tertiary alicyclic amines) is 1. The van der Waals surface area contributed by atoms with Gasteiger partial charge in [-0.05, 0) is 45.7 Å². The summed E-state index contributed by atoms with van der Waals surface area (Å²) in [5.41, 5.74) is 2.90. The maximum absolute atomic E-state index is 12.8. The van der Waals surface area contributed by atoms with Crippen LogP contribution in [0.2, 0.25) is 0 Å². The molecule has 1 aliphatic heterocycles. The van der Waals surface area contributed by atoms with Gasteiger partial charge in [0.1, 0.15) is 5.75 Å². The van der Waals surface area contributed by atoms with Gasteiger partial charge in [-0.1, -0.05) is 17.7 Å². The van der Waals surface area contributed by atoms with Crippen LogP contribution in [0.5, 0.6) is 5.75 Å². The van der Waals surface area contributed by atoms with Crippen LogP contribution in [0.3, 0.4) is 0 Å². The Morgan fingerprint density at radius 3 is 2.72 bits per heavy atom. The molecule has 0 N–H and O–H groups in total. The number of nitrogens with zero attached hydrogens (tertiary/aromatic N) is 3. The van der Waals surface area contributed by atoms with E-state index >= 15 is 0 Å². The summed E-state index contributed by atoms with van der Waals surface area (Å²) in [7, 11) is 0. The Kier molecular flexibility index (Phi) is 5.41. The molecule has 0 bridgehead atoms. The molecule has 2 heterocycles. The van der Waals surface area contributed by atoms with E-state index in [9.17, 15) is 4.79 Å². The summed E-state index contributed by atoms with van der Waals surface area (Å²) in [5.74, 6) is 1.37. The van der Waals surface area contributed by atoms with Crippen LogP contribution in [0.25, 0.3) is 0 Å². The fraction of sp³-hybridized carbons (Fsp3) is 0.500. The third-order valence-electron chi connectivity index (χ3n) is 4.95. The molecular formula is C20H27N3O2. The second-order valence-electron chi connectivity index (χ2n) is 6.84. The van der Waals surface area contributed by atoms with Crippen molar-refractivity contribution in [2.75, 3.05) is 19.7 Å². The highest BCUT2D eigenvalue weighted by Crippen LogP contribution is 2.21. The van der Waals surface area contributed by atoms with Crippen LogP contribution in [0.15, 0.2) is 30.5 Å². The minimum atomic E-state index is 0.0947. The van der Waals surface area contributed by atoms with Gasteiger partial charge in [0.05, 0.1) is 18.4 Å². The molecule has 1 amide bonds. The van der Waals surface area contributed by atoms with Gasteiger partial charge in [0.2, 0.25) is 0 Å². The second-order valence-corrected chi connectivity index (χ2v) is 6.84. The van der Waals surface area contributed by atoms with Crippen molar-refractivity contribution in [3.05, 3.63) is 47.3 Å². The van der Waals surface area contributed by atoms with Crippen LogP contribution in [0, 0.1) is 19.8 Å². The van der Waals surface area contributed by atoms with Crippen molar-refractivity contribution in [1.29, 1.82) is 0 Å². The zero-order chi connectivity index (χ0) is 17.8. The molecule has 0 spiro atoms. The van der Waals surface area contributed by atoms with Crippen LogP contribution in [0.1, 0.15) is 41.4 Å². The Hall–Kier alpha value is -2.30. The lowest BCUT2D eigenvalue weighted by Crippen LogP contribution is -2.41. The lowest BCUT2D eigenvalue weighted by molar-refractivity contribution is 0.0632. The van der Waals surface area contributed by atoms with Gasteiger partial charge in [-0.15, -0.1) is 0 Å². The number of benzene rings is 1. The van der Waals surface area contributed by atoms with Crippen LogP contribution >= 0.6 is 0 Å². The molecule has 1 aromatic carbocycles. The molecule has 1 aromatic heterocycles. The van der Waals surface area contributed by atoms with Crippen LogP contribution in [-0.4, -0.2) is 40.3 Å². The van der Waals surface area contributed by atoms with Crippen molar-refractivity contribution in [2.24, 2.45) is 5.92 Å². The Labute approximate surface area is 149 Å². The van der Waals surface area contributed by atoms with E-state index in [-0.39, 0.29) is 5.91 Å². The van der Waals surface area contributed by atoms with Gasteiger partial charge in [0.25, 0.3) is 5.91 Å². The average molecular weight is 341 g/mol. The molecule has 5 heteroatoms. The van der Waals surface area contributed by atoms with E-state index in [4.69, 9.17) is 4.74 Å². The van der Waals surface area contributed by atoms with Gasteiger partial charge < -0.3 is 9.64 Å². The van der Waals surface area contributed by atoms with Gasteiger partial charge >= 0.3 is 0 Å². The number of hydrogen-bond acceptors (Lipinski definition) is 3. The number of aryl methyl sites for hydroxylation is 2. The molecule has 0 saturated carbocycles. The van der Waals surface area contributed by atoms with E-state index in [0.717, 1.165) is 49.5 Å². The van der Waals surface area contributed by atoms with E-state index in [1.807, 2.05) is 35.6 Å². The van der Waals surface area contributed by atoms with Crippen molar-refractivity contribution in [3.8, 4) is 5.75 Å². The van der Waals surface area contributed by atoms with Gasteiger partial charge in [0, 0.05) is 31.2 Å². The van der Waals surface area contributed by atoms with Crippen LogP contribution < -0.4 is 4.74 Å². The third kappa shape index (κ3) is 4.03. The van der Waals surface area contributed by atoms with E-state index in [1.165, 1.54) is 5.56 Å². The molecule has 1 unspecified atom stereocenters. The first kappa shape index (κ1) is 17.5. The van der Waals surface area contributed by atoms with Gasteiger partial charge in [-0.25, -0.2) is 0 Å². The minimum Gasteiger partial charge on any atom is -0.493 e. The molecular weight excluding hydrogens is 314 g/mol. The van der Waals surface area contributed by atoms with Gasteiger partial charge in [-0.2, -0.15) is 5.10 Å². The quantitative estimate of drug-likeness (QED) is 0.837. The predicted octanol–water partition coefficient (Wildman–Crippen LogP) is 3.45. The zero-order valence-corrected chi connectivity index (χ0v) is 15.4. The first-order valence-electron chi connectivity index (χ1n) is 9.09. The third-order valence-corrected chi connectivity index (χ3v) is 4.95. The SMILES string of the molecule is CCn1ncc(C(=O)N2CCCC(COc3ccc(C)cc3)C2)c1C. The largest absolute Gasteiger partial charge is 0.493 e. The highest BCUT2D eigenvalue weighted by Gasteiger charge is 2.27. The highest BCUT2D eigenvalue weighted by atomic mass is 16.5. The number of amides is 1. The molecule has 25 heavy (non-hydrogen) atoms. The summed E-state index contributed by atoms with van der Waals surface area (Å²) in [4.78, 5) is 14.8. The standard InChI is InChI=1S/C20H27N3O2/c1-4-23-16(3)19(12-21-23)20(24)22-11-5-6-17(13-22)14-25-18-9-7-15(2)8-10-18/h7-10,12,17H,4-6,11,13-14H2,1-3H3. The summed E-state index contributed by atoms with van der Waals surface area (Å²) in [6, 6.07) is 8.12. The van der Waals surface area contributed by atoms with Crippen LogP contribution in [0.4, 0.5) is 0 Å². The fourth-order valence-corrected chi connectivity index (χ4v) is 3.38. The maximum Gasteiger partial charge on any atom is 0.257 e. The Morgan fingerprint density at radius 2 is 2.04 bits per heavy atom. The van der Waals surface area contributed by atoms with Crippen molar-refractivity contribution in [2.45, 2.75) is 40.2 Å². The molecule has 1 saturated heterocycles. The van der Waals surface area contributed by atoms with Crippen molar-refractivity contribution in [3.63, 3.8) is 0 Å². The smallest absolute Gasteiger partial charge is 0.257 e. The van der Waals surface area contributed by atoms with Gasteiger partial charge in [0.15, 0.2) is 0 Å². The Balaban J connectivity index is 1.59. The summed E-state index contributed by atoms with van der Waals surface area (Å²) in [6.07, 6.45) is 3.82. The summed E-state index contributed by atoms with van der Waals surface area (Å²) >= 11 is 0. The molecule has 1 atom stereocenters. The summed E-state index contributed by atoms with van der Waals surface area (Å²) in [6.45, 7) is 9.07. The molecule has 2 aromatic rings. The highest BCUT2D eigenvalue weighted by molar-refractivity contribution is 5.95. The predicted molar refractivity (Wildman–Crippen MR) is 97.9 cm³/mol. The number of piperidine rings is 1. The van der Waals surface area contributed by atoms with Gasteiger partial charge in [-0.3, -0.25) is 9.48 Å². The topological polar surface area (TPSA) is 47.4 Å². The number of carbonyl (C=O) groups is 1. The lowest BCUT2D eigenvalue weighted by atomic mass is 9.98.